The number of aromatic nitrogens is 1. The number of carbonyl (C=O) groups is 1. The molecule has 0 aliphatic rings. The highest BCUT2D eigenvalue weighted by molar-refractivity contribution is 6.05. The number of nitrogens with zero attached hydrogens (tertiary/aromatic N) is 1. The van der Waals surface area contributed by atoms with Gasteiger partial charge in [-0.2, -0.15) is 0 Å². The minimum absolute atomic E-state index is 0.207. The van der Waals surface area contributed by atoms with E-state index in [1.165, 1.54) is 0 Å². The Morgan fingerprint density at radius 2 is 1.89 bits per heavy atom. The second-order valence-corrected chi connectivity index (χ2v) is 6.14. The molecule has 4 aromatic rings. The molecule has 0 bridgehead atoms. The van der Waals surface area contributed by atoms with Crippen molar-refractivity contribution in [1.29, 1.82) is 0 Å². The molecule has 27 heavy (non-hydrogen) atoms. The molecule has 4 rings (SSSR count). The Labute approximate surface area is 156 Å². The summed E-state index contributed by atoms with van der Waals surface area (Å²) in [5.74, 6) is 1.08. The van der Waals surface area contributed by atoms with Crippen molar-refractivity contribution in [3.8, 4) is 5.75 Å². The van der Waals surface area contributed by atoms with E-state index < -0.39 is 0 Å². The van der Waals surface area contributed by atoms with Gasteiger partial charge < -0.3 is 14.5 Å². The van der Waals surface area contributed by atoms with Gasteiger partial charge >= 0.3 is 0 Å². The first kappa shape index (κ1) is 16.8. The fraction of sp³-hybridized carbons (Fsp3) is 0.0909. The van der Waals surface area contributed by atoms with E-state index in [1.54, 1.807) is 37.4 Å². The molecule has 1 amide bonds. The molecule has 1 heterocycles. The van der Waals surface area contributed by atoms with Crippen LogP contribution in [-0.4, -0.2) is 18.0 Å². The molecule has 0 fully saturated rings. The Bertz CT molecular complexity index is 1090. The number of hydrogen-bond donors (Lipinski definition) is 1. The monoisotopic (exact) mass is 358 g/mol. The van der Waals surface area contributed by atoms with Gasteiger partial charge in [0.25, 0.3) is 5.91 Å². The van der Waals surface area contributed by atoms with E-state index in [-0.39, 0.29) is 5.91 Å². The molecular weight excluding hydrogens is 340 g/mol. The molecule has 0 atom stereocenters. The lowest BCUT2D eigenvalue weighted by Crippen LogP contribution is -2.11. The second-order valence-electron chi connectivity index (χ2n) is 6.14. The van der Waals surface area contributed by atoms with E-state index in [2.05, 4.69) is 10.3 Å². The minimum atomic E-state index is -0.207. The molecule has 3 aromatic carbocycles. The van der Waals surface area contributed by atoms with Gasteiger partial charge in [0.1, 0.15) is 11.3 Å². The lowest BCUT2D eigenvalue weighted by molar-refractivity contribution is 0.102. The summed E-state index contributed by atoms with van der Waals surface area (Å²) in [4.78, 5) is 17.0. The number of anilines is 1. The van der Waals surface area contributed by atoms with Crippen LogP contribution in [0.1, 0.15) is 21.8 Å². The summed E-state index contributed by atoms with van der Waals surface area (Å²) in [6, 6.07) is 22.5. The quantitative estimate of drug-likeness (QED) is 0.563. The third-order valence-electron chi connectivity index (χ3n) is 4.22. The van der Waals surface area contributed by atoms with Crippen LogP contribution in [0.4, 0.5) is 5.69 Å². The Hall–Kier alpha value is -3.60. The molecule has 0 aliphatic heterocycles. The van der Waals surface area contributed by atoms with Gasteiger partial charge in [-0.3, -0.25) is 4.79 Å². The normalized spacial score (nSPS) is 10.7. The number of carbonyl (C=O) groups excluding carboxylic acids is 1. The fourth-order valence-electron chi connectivity index (χ4n) is 2.87. The van der Waals surface area contributed by atoms with Crippen molar-refractivity contribution >= 4 is 22.7 Å². The van der Waals surface area contributed by atoms with Crippen molar-refractivity contribution < 1.29 is 13.9 Å². The number of oxazole rings is 1. The van der Waals surface area contributed by atoms with Crippen LogP contribution in [-0.2, 0) is 6.42 Å². The van der Waals surface area contributed by atoms with Gasteiger partial charge in [-0.25, -0.2) is 4.98 Å². The Balaban J connectivity index is 1.53. The van der Waals surface area contributed by atoms with Gasteiger partial charge in [0.05, 0.1) is 7.11 Å². The van der Waals surface area contributed by atoms with Gasteiger partial charge in [0, 0.05) is 17.7 Å². The van der Waals surface area contributed by atoms with Crippen LogP contribution in [0.15, 0.2) is 77.2 Å². The molecule has 1 aromatic heterocycles. The molecule has 0 saturated heterocycles. The van der Waals surface area contributed by atoms with Crippen LogP contribution in [0.25, 0.3) is 11.1 Å². The van der Waals surface area contributed by atoms with E-state index in [0.29, 0.717) is 40.4 Å². The number of ether oxygens (including phenoxy) is 1. The van der Waals surface area contributed by atoms with Crippen LogP contribution >= 0.6 is 0 Å². The number of nitrogens with one attached hydrogen (secondary N) is 1. The molecule has 134 valence electrons. The van der Waals surface area contributed by atoms with Crippen molar-refractivity contribution in [2.45, 2.75) is 6.42 Å². The highest BCUT2D eigenvalue weighted by atomic mass is 16.5. The van der Waals surface area contributed by atoms with E-state index in [9.17, 15) is 4.79 Å². The zero-order valence-electron chi connectivity index (χ0n) is 14.8. The summed E-state index contributed by atoms with van der Waals surface area (Å²) in [5, 5.41) is 2.88. The minimum Gasteiger partial charge on any atom is -0.497 e. The molecule has 5 heteroatoms. The van der Waals surface area contributed by atoms with Crippen LogP contribution < -0.4 is 10.1 Å². The largest absolute Gasteiger partial charge is 0.497 e. The van der Waals surface area contributed by atoms with Gasteiger partial charge in [-0.1, -0.05) is 36.4 Å². The van der Waals surface area contributed by atoms with Gasteiger partial charge in [0.2, 0.25) is 0 Å². The van der Waals surface area contributed by atoms with Crippen molar-refractivity contribution in [2.75, 3.05) is 12.4 Å². The molecule has 5 nitrogen and oxygen atoms in total. The molecule has 0 aliphatic carbocycles. The number of rotatable bonds is 5. The molecule has 0 unspecified atom stereocenters. The van der Waals surface area contributed by atoms with E-state index in [1.807, 2.05) is 42.5 Å². The SMILES string of the molecule is COc1cccc(C(=O)Nc2ccc3oc(Cc4ccccc4)nc3c2)c1. The summed E-state index contributed by atoms with van der Waals surface area (Å²) < 4.78 is 11.0. The maximum Gasteiger partial charge on any atom is 0.255 e. The summed E-state index contributed by atoms with van der Waals surface area (Å²) >= 11 is 0. The second kappa shape index (κ2) is 7.33. The van der Waals surface area contributed by atoms with Crippen LogP contribution in [0.3, 0.4) is 0 Å². The maximum absolute atomic E-state index is 12.5. The van der Waals surface area contributed by atoms with E-state index in [0.717, 1.165) is 5.56 Å². The number of methoxy groups -OCH3 is 1. The molecular formula is C22H18N2O3. The number of amides is 1. The fourth-order valence-corrected chi connectivity index (χ4v) is 2.87. The average Bonchev–Trinajstić information content (AvgIpc) is 3.10. The average molecular weight is 358 g/mol. The number of hydrogen-bond acceptors (Lipinski definition) is 4. The lowest BCUT2D eigenvalue weighted by atomic mass is 10.1. The van der Waals surface area contributed by atoms with Gasteiger partial charge in [0.15, 0.2) is 11.5 Å². The van der Waals surface area contributed by atoms with E-state index >= 15 is 0 Å². The summed E-state index contributed by atoms with van der Waals surface area (Å²) in [7, 11) is 1.57. The maximum atomic E-state index is 12.5. The molecule has 0 saturated carbocycles. The van der Waals surface area contributed by atoms with Crippen LogP contribution in [0.5, 0.6) is 5.75 Å². The Kier molecular flexibility index (Phi) is 4.58. The van der Waals surface area contributed by atoms with Crippen molar-refractivity contribution in [2.24, 2.45) is 0 Å². The molecule has 0 spiro atoms. The first-order chi connectivity index (χ1) is 13.2. The van der Waals surface area contributed by atoms with Crippen LogP contribution in [0, 0.1) is 0 Å². The van der Waals surface area contributed by atoms with Gasteiger partial charge in [-0.05, 0) is 42.0 Å². The van der Waals surface area contributed by atoms with Crippen molar-refractivity contribution in [3.63, 3.8) is 0 Å². The topological polar surface area (TPSA) is 64.4 Å². The van der Waals surface area contributed by atoms with Gasteiger partial charge in [-0.15, -0.1) is 0 Å². The summed E-state index contributed by atoms with van der Waals surface area (Å²) in [6.45, 7) is 0. The summed E-state index contributed by atoms with van der Waals surface area (Å²) in [5.41, 5.74) is 3.73. The predicted octanol–water partition coefficient (Wildman–Crippen LogP) is 4.68. The zero-order valence-corrected chi connectivity index (χ0v) is 14.8. The lowest BCUT2D eigenvalue weighted by Gasteiger charge is -2.06. The third kappa shape index (κ3) is 3.82. The Morgan fingerprint density at radius 3 is 2.70 bits per heavy atom. The van der Waals surface area contributed by atoms with Crippen molar-refractivity contribution in [3.05, 3.63) is 89.8 Å². The third-order valence-corrected chi connectivity index (χ3v) is 4.22. The smallest absolute Gasteiger partial charge is 0.255 e. The summed E-state index contributed by atoms with van der Waals surface area (Å²) in [6.07, 6.45) is 0.626. The number of benzene rings is 3. The molecule has 1 N–H and O–H groups in total. The first-order valence-electron chi connectivity index (χ1n) is 8.60. The molecule has 0 radical (unpaired) electrons. The zero-order chi connectivity index (χ0) is 18.6. The number of fused-ring (bicyclic) bond motifs is 1. The first-order valence-corrected chi connectivity index (χ1v) is 8.60. The predicted molar refractivity (Wildman–Crippen MR) is 104 cm³/mol. The highest BCUT2D eigenvalue weighted by Gasteiger charge is 2.10. The van der Waals surface area contributed by atoms with Crippen molar-refractivity contribution in [1.82, 2.24) is 4.98 Å². The Morgan fingerprint density at radius 1 is 1.04 bits per heavy atom. The standard InChI is InChI=1S/C22H18N2O3/c1-26-18-9-5-8-16(13-18)22(25)23-17-10-11-20-19(14-17)24-21(27-20)12-15-6-3-2-4-7-15/h2-11,13-14H,12H2,1H3,(H,23,25). The van der Waals surface area contributed by atoms with Crippen LogP contribution in [0.2, 0.25) is 0 Å². The van der Waals surface area contributed by atoms with E-state index in [4.69, 9.17) is 9.15 Å². The highest BCUT2D eigenvalue weighted by Crippen LogP contribution is 2.22.